The SMILES string of the molecule is CCn1c(SC(C(=O)Nc2ccccc2)C2CC2)nnc1-c1ccco1. The van der Waals surface area contributed by atoms with Gasteiger partial charge in [-0.15, -0.1) is 10.2 Å². The van der Waals surface area contributed by atoms with Gasteiger partial charge in [0.2, 0.25) is 5.91 Å². The summed E-state index contributed by atoms with van der Waals surface area (Å²) in [6, 6.07) is 13.3. The van der Waals surface area contributed by atoms with Crippen molar-refractivity contribution >= 4 is 23.4 Å². The van der Waals surface area contributed by atoms with Crippen LogP contribution in [0, 0.1) is 5.92 Å². The fourth-order valence-electron chi connectivity index (χ4n) is 2.86. The van der Waals surface area contributed by atoms with Crippen LogP contribution in [-0.2, 0) is 11.3 Å². The first-order valence-electron chi connectivity index (χ1n) is 8.76. The Hall–Kier alpha value is -2.54. The van der Waals surface area contributed by atoms with Gasteiger partial charge in [0.05, 0.1) is 11.5 Å². The highest BCUT2D eigenvalue weighted by molar-refractivity contribution is 8.00. The van der Waals surface area contributed by atoms with Gasteiger partial charge in [-0.05, 0) is 49.9 Å². The van der Waals surface area contributed by atoms with E-state index in [1.807, 2.05) is 54.0 Å². The molecule has 1 atom stereocenters. The molecular formula is C19H20N4O2S. The van der Waals surface area contributed by atoms with E-state index in [1.54, 1.807) is 6.26 Å². The van der Waals surface area contributed by atoms with Crippen LogP contribution in [0.15, 0.2) is 58.3 Å². The molecule has 1 aromatic carbocycles. The maximum absolute atomic E-state index is 12.8. The molecule has 3 aromatic rings. The zero-order valence-corrected chi connectivity index (χ0v) is 15.3. The highest BCUT2D eigenvalue weighted by Gasteiger charge is 2.38. The van der Waals surface area contributed by atoms with Crippen molar-refractivity contribution < 1.29 is 9.21 Å². The second kappa shape index (κ2) is 7.37. The number of amides is 1. The van der Waals surface area contributed by atoms with Gasteiger partial charge in [-0.3, -0.25) is 9.36 Å². The number of para-hydroxylation sites is 1. The Labute approximate surface area is 156 Å². The number of nitrogens with one attached hydrogen (secondary N) is 1. The predicted octanol–water partition coefficient (Wildman–Crippen LogP) is 4.07. The summed E-state index contributed by atoms with van der Waals surface area (Å²) in [5.41, 5.74) is 0.817. The number of aromatic nitrogens is 3. The lowest BCUT2D eigenvalue weighted by molar-refractivity contribution is -0.116. The Balaban J connectivity index is 1.55. The van der Waals surface area contributed by atoms with Crippen molar-refractivity contribution in [2.45, 2.75) is 36.7 Å². The molecule has 1 fully saturated rings. The Bertz CT molecular complexity index is 872. The number of nitrogens with zero attached hydrogens (tertiary/aromatic N) is 3. The second-order valence-electron chi connectivity index (χ2n) is 6.26. The van der Waals surface area contributed by atoms with Gasteiger partial charge in [-0.25, -0.2) is 0 Å². The normalized spacial score (nSPS) is 15.0. The number of hydrogen-bond acceptors (Lipinski definition) is 5. The molecule has 7 heteroatoms. The predicted molar refractivity (Wildman–Crippen MR) is 101 cm³/mol. The quantitative estimate of drug-likeness (QED) is 0.637. The summed E-state index contributed by atoms with van der Waals surface area (Å²) in [6.45, 7) is 2.75. The summed E-state index contributed by atoms with van der Waals surface area (Å²) in [7, 11) is 0. The van der Waals surface area contributed by atoms with Crippen LogP contribution in [0.2, 0.25) is 0 Å². The molecule has 2 heterocycles. The topological polar surface area (TPSA) is 73.0 Å². The molecule has 1 saturated carbocycles. The van der Waals surface area contributed by atoms with Crippen LogP contribution in [0.25, 0.3) is 11.6 Å². The molecule has 1 aliphatic rings. The molecule has 0 radical (unpaired) electrons. The summed E-state index contributed by atoms with van der Waals surface area (Å²) < 4.78 is 7.45. The number of carbonyl (C=O) groups is 1. The van der Waals surface area contributed by atoms with Gasteiger partial charge in [0.15, 0.2) is 16.7 Å². The van der Waals surface area contributed by atoms with Gasteiger partial charge in [0, 0.05) is 12.2 Å². The molecule has 0 aliphatic heterocycles. The van der Waals surface area contributed by atoms with Gasteiger partial charge in [-0.2, -0.15) is 0 Å². The summed E-state index contributed by atoms with van der Waals surface area (Å²) in [5, 5.41) is 12.2. The summed E-state index contributed by atoms with van der Waals surface area (Å²) in [5.74, 6) is 1.78. The van der Waals surface area contributed by atoms with E-state index in [0.717, 1.165) is 23.7 Å². The van der Waals surface area contributed by atoms with Gasteiger partial charge in [0.25, 0.3) is 0 Å². The first-order chi connectivity index (χ1) is 12.8. The average molecular weight is 368 g/mol. The minimum absolute atomic E-state index is 0.0221. The van der Waals surface area contributed by atoms with Gasteiger partial charge in [0.1, 0.15) is 0 Å². The molecule has 0 bridgehead atoms. The lowest BCUT2D eigenvalue weighted by Crippen LogP contribution is -2.27. The van der Waals surface area contributed by atoms with Crippen molar-refractivity contribution in [1.82, 2.24) is 14.8 Å². The summed E-state index contributed by atoms with van der Waals surface area (Å²) in [4.78, 5) is 12.8. The van der Waals surface area contributed by atoms with Crippen LogP contribution in [0.5, 0.6) is 0 Å². The molecular weight excluding hydrogens is 348 g/mol. The lowest BCUT2D eigenvalue weighted by Gasteiger charge is -2.16. The van der Waals surface area contributed by atoms with Crippen LogP contribution >= 0.6 is 11.8 Å². The molecule has 0 saturated heterocycles. The van der Waals surface area contributed by atoms with Gasteiger partial charge < -0.3 is 9.73 Å². The lowest BCUT2D eigenvalue weighted by atomic mass is 10.2. The minimum Gasteiger partial charge on any atom is -0.461 e. The first-order valence-corrected chi connectivity index (χ1v) is 9.64. The molecule has 1 amide bonds. The Morgan fingerprint density at radius 2 is 2.08 bits per heavy atom. The fourth-order valence-corrected chi connectivity index (χ4v) is 4.15. The van der Waals surface area contributed by atoms with Crippen LogP contribution in [-0.4, -0.2) is 25.9 Å². The summed E-state index contributed by atoms with van der Waals surface area (Å²) >= 11 is 1.49. The maximum Gasteiger partial charge on any atom is 0.238 e. The van der Waals surface area contributed by atoms with Crippen molar-refractivity contribution in [2.75, 3.05) is 5.32 Å². The largest absolute Gasteiger partial charge is 0.461 e. The van der Waals surface area contributed by atoms with Crippen molar-refractivity contribution in [3.05, 3.63) is 48.7 Å². The zero-order chi connectivity index (χ0) is 17.9. The van der Waals surface area contributed by atoms with Crippen LogP contribution < -0.4 is 5.32 Å². The first kappa shape index (κ1) is 16.9. The van der Waals surface area contributed by atoms with E-state index in [1.165, 1.54) is 11.8 Å². The molecule has 6 nitrogen and oxygen atoms in total. The highest BCUT2D eigenvalue weighted by Crippen LogP contribution is 2.42. The van der Waals surface area contributed by atoms with E-state index in [-0.39, 0.29) is 11.2 Å². The Morgan fingerprint density at radius 1 is 1.27 bits per heavy atom. The minimum atomic E-state index is -0.172. The van der Waals surface area contributed by atoms with Crippen LogP contribution in [0.3, 0.4) is 0 Å². The van der Waals surface area contributed by atoms with Crippen molar-refractivity contribution in [3.8, 4) is 11.6 Å². The van der Waals surface area contributed by atoms with Crippen molar-refractivity contribution in [2.24, 2.45) is 5.92 Å². The molecule has 4 rings (SSSR count). The van der Waals surface area contributed by atoms with E-state index < -0.39 is 0 Å². The standard InChI is InChI=1S/C19H20N4O2S/c1-2-23-17(15-9-6-12-25-15)21-22-19(23)26-16(13-10-11-13)18(24)20-14-7-4-3-5-8-14/h3-9,12-13,16H,2,10-11H2,1H3,(H,20,24). The van der Waals surface area contributed by atoms with Gasteiger partial charge in [-0.1, -0.05) is 30.0 Å². The maximum atomic E-state index is 12.8. The van der Waals surface area contributed by atoms with Crippen molar-refractivity contribution in [1.29, 1.82) is 0 Å². The molecule has 1 N–H and O–H groups in total. The number of rotatable bonds is 7. The van der Waals surface area contributed by atoms with E-state index >= 15 is 0 Å². The monoisotopic (exact) mass is 368 g/mol. The Kier molecular flexibility index (Phi) is 4.79. The molecule has 26 heavy (non-hydrogen) atoms. The van der Waals surface area contributed by atoms with Gasteiger partial charge >= 0.3 is 0 Å². The average Bonchev–Trinajstić information content (AvgIpc) is 3.19. The second-order valence-corrected chi connectivity index (χ2v) is 7.37. The highest BCUT2D eigenvalue weighted by atomic mass is 32.2. The molecule has 0 spiro atoms. The van der Waals surface area contributed by atoms with Crippen LogP contribution in [0.1, 0.15) is 19.8 Å². The number of furan rings is 1. The third-order valence-electron chi connectivity index (χ3n) is 4.36. The number of hydrogen-bond donors (Lipinski definition) is 1. The number of thioether (sulfide) groups is 1. The van der Waals surface area contributed by atoms with E-state index in [4.69, 9.17) is 4.42 Å². The fraction of sp³-hybridized carbons (Fsp3) is 0.316. The van der Waals surface area contributed by atoms with E-state index in [0.29, 0.717) is 24.0 Å². The summed E-state index contributed by atoms with van der Waals surface area (Å²) in [6.07, 6.45) is 3.77. The molecule has 134 valence electrons. The van der Waals surface area contributed by atoms with Crippen molar-refractivity contribution in [3.63, 3.8) is 0 Å². The number of anilines is 1. The number of carbonyl (C=O) groups excluding carboxylic acids is 1. The van der Waals surface area contributed by atoms with E-state index in [9.17, 15) is 4.79 Å². The third-order valence-corrected chi connectivity index (χ3v) is 5.72. The molecule has 1 aliphatic carbocycles. The third kappa shape index (κ3) is 3.53. The smallest absolute Gasteiger partial charge is 0.238 e. The zero-order valence-electron chi connectivity index (χ0n) is 14.5. The van der Waals surface area contributed by atoms with E-state index in [2.05, 4.69) is 15.5 Å². The Morgan fingerprint density at radius 3 is 2.73 bits per heavy atom. The number of benzene rings is 1. The molecule has 2 aromatic heterocycles. The van der Waals surface area contributed by atoms with Crippen LogP contribution in [0.4, 0.5) is 5.69 Å². The molecule has 1 unspecified atom stereocenters.